The molecule has 0 aromatic heterocycles. The van der Waals surface area contributed by atoms with Crippen LogP contribution in [0.5, 0.6) is 5.75 Å². The van der Waals surface area contributed by atoms with Crippen molar-refractivity contribution < 1.29 is 14.3 Å². The Morgan fingerprint density at radius 3 is 2.29 bits per heavy atom. The highest BCUT2D eigenvalue weighted by molar-refractivity contribution is 6.07. The number of nitrogens with zero attached hydrogens (tertiary/aromatic N) is 2. The van der Waals surface area contributed by atoms with E-state index in [0.717, 1.165) is 64.0 Å². The zero-order chi connectivity index (χ0) is 26.3. The Kier molecular flexibility index (Phi) is 8.27. The molecule has 3 aromatic rings. The number of anilines is 2. The molecule has 2 fully saturated rings. The highest BCUT2D eigenvalue weighted by atomic mass is 16.5. The van der Waals surface area contributed by atoms with Crippen molar-refractivity contribution in [3.05, 3.63) is 89.5 Å². The van der Waals surface area contributed by atoms with Crippen LogP contribution in [0.1, 0.15) is 58.4 Å². The van der Waals surface area contributed by atoms with Crippen LogP contribution in [0.25, 0.3) is 0 Å². The Bertz CT molecular complexity index is 1250. The van der Waals surface area contributed by atoms with Gasteiger partial charge in [0, 0.05) is 37.6 Å². The summed E-state index contributed by atoms with van der Waals surface area (Å²) in [5, 5.41) is 2.99. The molecule has 0 aliphatic carbocycles. The van der Waals surface area contributed by atoms with E-state index in [4.69, 9.17) is 4.74 Å². The van der Waals surface area contributed by atoms with E-state index in [1.54, 1.807) is 19.2 Å². The molecule has 2 amide bonds. The summed E-state index contributed by atoms with van der Waals surface area (Å²) in [6, 6.07) is 23.6. The minimum Gasteiger partial charge on any atom is -0.496 e. The fraction of sp³-hybridized carbons (Fsp3) is 0.375. The van der Waals surface area contributed by atoms with Gasteiger partial charge in [0.1, 0.15) is 5.75 Å². The molecule has 5 rings (SSSR count). The van der Waals surface area contributed by atoms with Crippen molar-refractivity contribution in [3.63, 3.8) is 0 Å². The maximum absolute atomic E-state index is 13.7. The minimum absolute atomic E-state index is 0.0551. The summed E-state index contributed by atoms with van der Waals surface area (Å²) in [7, 11) is 1.55. The number of rotatable bonds is 7. The van der Waals surface area contributed by atoms with Gasteiger partial charge in [-0.2, -0.15) is 0 Å². The summed E-state index contributed by atoms with van der Waals surface area (Å²) in [6.07, 6.45) is 6.53. The summed E-state index contributed by atoms with van der Waals surface area (Å²) in [5.74, 6) is 0.965. The van der Waals surface area contributed by atoms with Gasteiger partial charge in [-0.3, -0.25) is 9.59 Å². The predicted molar refractivity (Wildman–Crippen MR) is 152 cm³/mol. The van der Waals surface area contributed by atoms with Crippen molar-refractivity contribution in [3.8, 4) is 5.75 Å². The van der Waals surface area contributed by atoms with E-state index in [-0.39, 0.29) is 11.8 Å². The Balaban J connectivity index is 1.35. The average molecular weight is 512 g/mol. The van der Waals surface area contributed by atoms with E-state index in [1.807, 2.05) is 35.2 Å². The molecular formula is C32H37N3O3. The molecule has 198 valence electrons. The molecule has 0 radical (unpaired) electrons. The standard InChI is InChI=1S/C32H37N3O3/c1-38-30-13-7-6-12-27(30)31(36)33-26-14-15-29(28(23-26)32(37)35-18-8-3-9-19-35)34-20-16-25(17-21-34)22-24-10-4-2-5-11-24/h2,4-7,10-15,23,25H,3,8-9,16-22H2,1H3,(H,33,36). The molecule has 2 saturated heterocycles. The summed E-state index contributed by atoms with van der Waals surface area (Å²) in [4.78, 5) is 31.1. The van der Waals surface area contributed by atoms with E-state index < -0.39 is 0 Å². The van der Waals surface area contributed by atoms with Crippen molar-refractivity contribution in [1.82, 2.24) is 4.90 Å². The van der Waals surface area contributed by atoms with Gasteiger partial charge in [-0.05, 0) is 80.3 Å². The van der Waals surface area contributed by atoms with Gasteiger partial charge in [0.25, 0.3) is 11.8 Å². The van der Waals surface area contributed by atoms with E-state index in [1.165, 1.54) is 12.0 Å². The van der Waals surface area contributed by atoms with Crippen molar-refractivity contribution in [2.45, 2.75) is 38.5 Å². The third-order valence-corrected chi connectivity index (χ3v) is 7.80. The van der Waals surface area contributed by atoms with Gasteiger partial charge in [-0.15, -0.1) is 0 Å². The summed E-state index contributed by atoms with van der Waals surface area (Å²) < 4.78 is 5.36. The lowest BCUT2D eigenvalue weighted by Gasteiger charge is -2.36. The van der Waals surface area contributed by atoms with Crippen molar-refractivity contribution in [2.24, 2.45) is 5.92 Å². The zero-order valence-electron chi connectivity index (χ0n) is 22.2. The maximum atomic E-state index is 13.7. The highest BCUT2D eigenvalue weighted by Gasteiger charge is 2.27. The number of carbonyl (C=O) groups is 2. The van der Waals surface area contributed by atoms with Crippen LogP contribution in [0.2, 0.25) is 0 Å². The quantitative estimate of drug-likeness (QED) is 0.421. The van der Waals surface area contributed by atoms with E-state index in [9.17, 15) is 9.59 Å². The highest BCUT2D eigenvalue weighted by Crippen LogP contribution is 2.32. The minimum atomic E-state index is -0.256. The first-order chi connectivity index (χ1) is 18.6. The van der Waals surface area contributed by atoms with E-state index in [2.05, 4.69) is 40.5 Å². The van der Waals surface area contributed by atoms with Gasteiger partial charge in [-0.25, -0.2) is 0 Å². The normalized spacial score (nSPS) is 16.2. The molecule has 2 heterocycles. The first kappa shape index (κ1) is 25.8. The largest absolute Gasteiger partial charge is 0.496 e. The van der Waals surface area contributed by atoms with Crippen molar-refractivity contribution in [1.29, 1.82) is 0 Å². The number of hydrogen-bond donors (Lipinski definition) is 1. The molecule has 0 spiro atoms. The summed E-state index contributed by atoms with van der Waals surface area (Å²) >= 11 is 0. The first-order valence-corrected chi connectivity index (χ1v) is 13.8. The summed E-state index contributed by atoms with van der Waals surface area (Å²) in [6.45, 7) is 3.42. The molecule has 0 saturated carbocycles. The number of methoxy groups -OCH3 is 1. The zero-order valence-corrected chi connectivity index (χ0v) is 22.2. The Morgan fingerprint density at radius 1 is 0.842 bits per heavy atom. The number of amides is 2. The van der Waals surface area contributed by atoms with Gasteiger partial charge >= 0.3 is 0 Å². The topological polar surface area (TPSA) is 61.9 Å². The van der Waals surface area contributed by atoms with Crippen LogP contribution >= 0.6 is 0 Å². The van der Waals surface area contributed by atoms with Gasteiger partial charge in [0.15, 0.2) is 0 Å². The number of nitrogens with one attached hydrogen (secondary N) is 1. The number of hydrogen-bond acceptors (Lipinski definition) is 4. The average Bonchev–Trinajstić information content (AvgIpc) is 2.98. The number of likely N-dealkylation sites (tertiary alicyclic amines) is 1. The lowest BCUT2D eigenvalue weighted by Crippen LogP contribution is -2.39. The molecule has 38 heavy (non-hydrogen) atoms. The molecule has 1 N–H and O–H groups in total. The Labute approximate surface area is 225 Å². The van der Waals surface area contributed by atoms with Crippen LogP contribution in [-0.2, 0) is 6.42 Å². The molecule has 0 unspecified atom stereocenters. The van der Waals surface area contributed by atoms with Gasteiger partial charge < -0.3 is 19.9 Å². The van der Waals surface area contributed by atoms with Gasteiger partial charge in [0.2, 0.25) is 0 Å². The molecule has 2 aliphatic heterocycles. The number of benzene rings is 3. The second-order valence-electron chi connectivity index (χ2n) is 10.4. The number of para-hydroxylation sites is 1. The molecule has 2 aliphatic rings. The lowest BCUT2D eigenvalue weighted by molar-refractivity contribution is 0.0724. The first-order valence-electron chi connectivity index (χ1n) is 13.8. The van der Waals surface area contributed by atoms with Crippen LogP contribution < -0.4 is 15.0 Å². The molecule has 3 aromatic carbocycles. The van der Waals surface area contributed by atoms with Crippen LogP contribution in [-0.4, -0.2) is 50.0 Å². The fourth-order valence-electron chi connectivity index (χ4n) is 5.68. The van der Waals surface area contributed by atoms with Crippen molar-refractivity contribution in [2.75, 3.05) is 43.5 Å². The molecule has 0 bridgehead atoms. The van der Waals surface area contributed by atoms with Crippen molar-refractivity contribution >= 4 is 23.2 Å². The molecule has 0 atom stereocenters. The maximum Gasteiger partial charge on any atom is 0.259 e. The third kappa shape index (κ3) is 6.01. The Morgan fingerprint density at radius 2 is 1.55 bits per heavy atom. The number of carbonyl (C=O) groups excluding carboxylic acids is 2. The second kappa shape index (κ2) is 12.2. The van der Waals surface area contributed by atoms with Gasteiger partial charge in [-0.1, -0.05) is 42.5 Å². The van der Waals surface area contributed by atoms with E-state index in [0.29, 0.717) is 28.5 Å². The van der Waals surface area contributed by atoms with Crippen LogP contribution in [0.4, 0.5) is 11.4 Å². The third-order valence-electron chi connectivity index (χ3n) is 7.80. The monoisotopic (exact) mass is 511 g/mol. The number of ether oxygens (including phenoxy) is 1. The van der Waals surface area contributed by atoms with Crippen LogP contribution in [0, 0.1) is 5.92 Å². The lowest BCUT2D eigenvalue weighted by atomic mass is 9.89. The molecule has 6 nitrogen and oxygen atoms in total. The summed E-state index contributed by atoms with van der Waals surface area (Å²) in [5.41, 5.74) is 4.11. The predicted octanol–water partition coefficient (Wildman–Crippen LogP) is 6.03. The van der Waals surface area contributed by atoms with Gasteiger partial charge in [0.05, 0.1) is 18.2 Å². The van der Waals surface area contributed by atoms with E-state index >= 15 is 0 Å². The smallest absolute Gasteiger partial charge is 0.259 e. The molecular weight excluding hydrogens is 474 g/mol. The fourth-order valence-corrected chi connectivity index (χ4v) is 5.68. The SMILES string of the molecule is COc1ccccc1C(=O)Nc1ccc(N2CCC(Cc3ccccc3)CC2)c(C(=O)N2CCCCC2)c1. The Hall–Kier alpha value is -3.80. The van der Waals surface area contributed by atoms with Crippen LogP contribution in [0.3, 0.4) is 0 Å². The second-order valence-corrected chi connectivity index (χ2v) is 10.4. The molecule has 6 heteroatoms. The van der Waals surface area contributed by atoms with Crippen LogP contribution in [0.15, 0.2) is 72.8 Å². The number of piperidine rings is 2.